The van der Waals surface area contributed by atoms with Crippen LogP contribution in [0.3, 0.4) is 0 Å². The highest BCUT2D eigenvalue weighted by Gasteiger charge is 2.12. The minimum absolute atomic E-state index is 0.0104. The van der Waals surface area contributed by atoms with Crippen LogP contribution in [0.1, 0.15) is 5.56 Å². The number of non-ortho nitro benzene ring substituents is 1. The zero-order chi connectivity index (χ0) is 16.8. The van der Waals surface area contributed by atoms with E-state index in [-0.39, 0.29) is 11.2 Å². The van der Waals surface area contributed by atoms with Gasteiger partial charge in [0.05, 0.1) is 9.46 Å². The van der Waals surface area contributed by atoms with Crippen LogP contribution in [0.2, 0.25) is 0 Å². The number of benzene rings is 1. The number of nitro benzene ring substituents is 1. The molecular weight excluding hydrogens is 396 g/mol. The fraction of sp³-hybridized carbons (Fsp3) is 0. The molecule has 0 atom stereocenters. The van der Waals surface area contributed by atoms with Crippen molar-refractivity contribution in [1.82, 2.24) is 14.4 Å². The van der Waals surface area contributed by atoms with Gasteiger partial charge in [-0.2, -0.15) is 0 Å². The fourth-order valence-electron chi connectivity index (χ4n) is 2.36. The maximum absolute atomic E-state index is 12.6. The van der Waals surface area contributed by atoms with E-state index in [0.717, 1.165) is 4.47 Å². The van der Waals surface area contributed by atoms with Gasteiger partial charge in [-0.05, 0) is 45.8 Å². The average Bonchev–Trinajstić information content (AvgIpc) is 3.04. The molecule has 7 nitrogen and oxygen atoms in total. The number of halogens is 1. The molecule has 0 saturated carbocycles. The molecule has 118 valence electrons. The van der Waals surface area contributed by atoms with Crippen molar-refractivity contribution < 1.29 is 4.92 Å². The number of hydrogen-bond acceptors (Lipinski definition) is 6. The Morgan fingerprint density at radius 3 is 2.75 bits per heavy atom. The highest BCUT2D eigenvalue weighted by Crippen LogP contribution is 2.18. The third kappa shape index (κ3) is 2.38. The van der Waals surface area contributed by atoms with Crippen LogP contribution in [-0.2, 0) is 0 Å². The number of imidazole rings is 1. The van der Waals surface area contributed by atoms with Gasteiger partial charge in [0.2, 0.25) is 0 Å². The molecule has 24 heavy (non-hydrogen) atoms. The molecule has 0 aliphatic heterocycles. The molecule has 0 amide bonds. The number of nitrogens with zero attached hydrogens (tertiary/aromatic N) is 4. The molecule has 3 heterocycles. The van der Waals surface area contributed by atoms with Crippen molar-refractivity contribution in [1.29, 1.82) is 0 Å². The lowest BCUT2D eigenvalue weighted by Crippen LogP contribution is -2.22. The number of nitro groups is 1. The number of hydrogen-bond donors (Lipinski definition) is 0. The molecule has 0 aliphatic carbocycles. The van der Waals surface area contributed by atoms with Crippen LogP contribution in [0.5, 0.6) is 0 Å². The molecule has 0 fully saturated rings. The van der Waals surface area contributed by atoms with E-state index in [1.807, 2.05) is 0 Å². The lowest BCUT2D eigenvalue weighted by Gasteiger charge is -1.92. The van der Waals surface area contributed by atoms with Crippen LogP contribution in [0, 0.1) is 10.1 Å². The molecule has 0 spiro atoms. The number of rotatable bonds is 2. The summed E-state index contributed by atoms with van der Waals surface area (Å²) in [5, 5.41) is 10.7. The van der Waals surface area contributed by atoms with Crippen molar-refractivity contribution in [2.24, 2.45) is 0 Å². The molecule has 0 bridgehead atoms. The van der Waals surface area contributed by atoms with Crippen LogP contribution in [0.4, 0.5) is 5.69 Å². The van der Waals surface area contributed by atoms with Crippen LogP contribution in [0.25, 0.3) is 22.2 Å². The Balaban J connectivity index is 1.89. The maximum Gasteiger partial charge on any atom is 0.276 e. The Bertz CT molecular complexity index is 1210. The molecule has 0 N–H and O–H groups in total. The Morgan fingerprint density at radius 1 is 1.29 bits per heavy atom. The van der Waals surface area contributed by atoms with Gasteiger partial charge >= 0.3 is 0 Å². The first kappa shape index (κ1) is 14.9. The number of thiazole rings is 1. The molecule has 4 aromatic rings. The van der Waals surface area contributed by atoms with Crippen molar-refractivity contribution in [3.05, 3.63) is 71.6 Å². The molecule has 4 rings (SSSR count). The third-order valence-corrected chi connectivity index (χ3v) is 4.85. The zero-order valence-electron chi connectivity index (χ0n) is 11.8. The van der Waals surface area contributed by atoms with E-state index in [9.17, 15) is 14.9 Å². The Kier molecular flexibility index (Phi) is 3.39. The molecule has 1 aromatic carbocycles. The summed E-state index contributed by atoms with van der Waals surface area (Å²) >= 11 is 4.59. The lowest BCUT2D eigenvalue weighted by atomic mass is 10.2. The predicted molar refractivity (Wildman–Crippen MR) is 94.2 cm³/mol. The smallest absolute Gasteiger partial charge is 0.267 e. The molecule has 0 radical (unpaired) electrons. The summed E-state index contributed by atoms with van der Waals surface area (Å²) in [4.78, 5) is 32.1. The quantitative estimate of drug-likeness (QED) is 0.379. The second-order valence-electron chi connectivity index (χ2n) is 4.99. The average molecular weight is 403 g/mol. The standard InChI is InChI=1S/C15H7BrN4O3S/c16-9-6-11-13(17-7-9)19-14(21)12(24-15(19)18-11)5-8-1-3-10(4-2-8)20(22)23/h1-7H. The van der Waals surface area contributed by atoms with E-state index in [1.54, 1.807) is 30.5 Å². The Hall–Kier alpha value is -2.65. The van der Waals surface area contributed by atoms with Crippen LogP contribution in [-0.4, -0.2) is 19.3 Å². The second-order valence-corrected chi connectivity index (χ2v) is 6.92. The monoisotopic (exact) mass is 402 g/mol. The summed E-state index contributed by atoms with van der Waals surface area (Å²) in [7, 11) is 0. The van der Waals surface area contributed by atoms with E-state index >= 15 is 0 Å². The normalized spacial score (nSPS) is 12.3. The van der Waals surface area contributed by atoms with Gasteiger partial charge in [0.15, 0.2) is 10.6 Å². The van der Waals surface area contributed by atoms with Gasteiger partial charge in [-0.25, -0.2) is 14.4 Å². The first-order chi connectivity index (χ1) is 11.5. The summed E-state index contributed by atoms with van der Waals surface area (Å²) in [6, 6.07) is 7.83. The minimum atomic E-state index is -0.460. The molecule has 0 saturated heterocycles. The first-order valence-electron chi connectivity index (χ1n) is 6.75. The topological polar surface area (TPSA) is 90.4 Å². The van der Waals surface area contributed by atoms with Gasteiger partial charge in [0.1, 0.15) is 5.52 Å². The summed E-state index contributed by atoms with van der Waals surface area (Å²) in [5.74, 6) is 0. The minimum Gasteiger partial charge on any atom is -0.267 e. The highest BCUT2D eigenvalue weighted by molar-refractivity contribution is 9.10. The van der Waals surface area contributed by atoms with Crippen LogP contribution in [0.15, 0.2) is 45.8 Å². The summed E-state index contributed by atoms with van der Waals surface area (Å²) in [5.41, 5.74) is 1.68. The fourth-order valence-corrected chi connectivity index (χ4v) is 3.65. The number of fused-ring (bicyclic) bond motifs is 3. The van der Waals surface area contributed by atoms with Crippen LogP contribution < -0.4 is 10.1 Å². The summed E-state index contributed by atoms with van der Waals surface area (Å²) in [6.45, 7) is 0. The number of aromatic nitrogens is 3. The predicted octanol–water partition coefficient (Wildman–Crippen LogP) is 2.52. The van der Waals surface area contributed by atoms with Gasteiger partial charge in [-0.15, -0.1) is 0 Å². The van der Waals surface area contributed by atoms with Gasteiger partial charge in [0.25, 0.3) is 11.2 Å². The van der Waals surface area contributed by atoms with Crippen molar-refractivity contribution in [2.45, 2.75) is 0 Å². The molecule has 0 unspecified atom stereocenters. The van der Waals surface area contributed by atoms with E-state index in [1.165, 1.54) is 27.9 Å². The van der Waals surface area contributed by atoms with E-state index in [2.05, 4.69) is 25.9 Å². The van der Waals surface area contributed by atoms with Gasteiger partial charge in [-0.1, -0.05) is 11.3 Å². The zero-order valence-corrected chi connectivity index (χ0v) is 14.2. The lowest BCUT2D eigenvalue weighted by molar-refractivity contribution is -0.384. The summed E-state index contributed by atoms with van der Waals surface area (Å²) < 4.78 is 2.77. The summed E-state index contributed by atoms with van der Waals surface area (Å²) in [6.07, 6.45) is 3.31. The second kappa shape index (κ2) is 5.46. The van der Waals surface area contributed by atoms with Crippen molar-refractivity contribution in [2.75, 3.05) is 0 Å². The van der Waals surface area contributed by atoms with E-state index < -0.39 is 4.92 Å². The Labute approximate surface area is 146 Å². The van der Waals surface area contributed by atoms with E-state index in [4.69, 9.17) is 0 Å². The molecule has 3 aromatic heterocycles. The van der Waals surface area contributed by atoms with Gasteiger partial charge in [-0.3, -0.25) is 14.9 Å². The molecular formula is C15H7BrN4O3S. The molecule has 0 aliphatic rings. The maximum atomic E-state index is 12.6. The Morgan fingerprint density at radius 2 is 2.04 bits per heavy atom. The highest BCUT2D eigenvalue weighted by atomic mass is 79.9. The SMILES string of the molecule is O=c1c(=Cc2ccc([N+](=O)[O-])cc2)sc2nc3cc(Br)cnc3n12. The van der Waals surface area contributed by atoms with Crippen molar-refractivity contribution in [3.8, 4) is 0 Å². The van der Waals surface area contributed by atoms with Crippen molar-refractivity contribution >= 4 is 55.2 Å². The van der Waals surface area contributed by atoms with E-state index in [0.29, 0.717) is 26.2 Å². The largest absolute Gasteiger partial charge is 0.276 e. The van der Waals surface area contributed by atoms with Crippen molar-refractivity contribution in [3.63, 3.8) is 0 Å². The third-order valence-electron chi connectivity index (χ3n) is 3.45. The van der Waals surface area contributed by atoms with Crippen LogP contribution >= 0.6 is 27.3 Å². The van der Waals surface area contributed by atoms with Gasteiger partial charge < -0.3 is 0 Å². The molecule has 9 heteroatoms. The first-order valence-corrected chi connectivity index (χ1v) is 8.36. The van der Waals surface area contributed by atoms with Gasteiger partial charge in [0, 0.05) is 22.8 Å². The number of pyridine rings is 1.